The minimum atomic E-state index is 0.577. The van der Waals surface area contributed by atoms with E-state index in [0.29, 0.717) is 6.67 Å². The second-order valence-corrected chi connectivity index (χ2v) is 4.14. The van der Waals surface area contributed by atoms with Crippen LogP contribution in [0.5, 0.6) is 0 Å². The van der Waals surface area contributed by atoms with Gasteiger partial charge in [-0.25, -0.2) is 9.36 Å². The quantitative estimate of drug-likeness (QED) is 0.755. The van der Waals surface area contributed by atoms with Gasteiger partial charge in [-0.3, -0.25) is 0 Å². The Morgan fingerprint density at radius 3 is 1.76 bits per heavy atom. The highest BCUT2D eigenvalue weighted by molar-refractivity contribution is 4.94. The van der Waals surface area contributed by atoms with E-state index in [4.69, 9.17) is 0 Å². The Labute approximate surface area is 101 Å². The van der Waals surface area contributed by atoms with Crippen molar-refractivity contribution in [2.75, 3.05) is 0 Å². The Bertz CT molecular complexity index is 416. The van der Waals surface area contributed by atoms with Gasteiger partial charge in [0.15, 0.2) is 0 Å². The smallest absolute Gasteiger partial charge is 0.136 e. The lowest BCUT2D eigenvalue weighted by Crippen LogP contribution is -2.09. The van der Waals surface area contributed by atoms with Crippen LogP contribution >= 0.6 is 0 Å². The van der Waals surface area contributed by atoms with E-state index < -0.39 is 0 Å². The van der Waals surface area contributed by atoms with Crippen molar-refractivity contribution in [3.63, 3.8) is 0 Å². The highest BCUT2D eigenvalue weighted by Crippen LogP contribution is 2.00. The Hall–Kier alpha value is -1.72. The average Bonchev–Trinajstić information content (AvgIpc) is 2.91. The van der Waals surface area contributed by atoms with Gasteiger partial charge < -0.3 is 0 Å². The summed E-state index contributed by atoms with van der Waals surface area (Å²) >= 11 is 0. The number of nitrogens with zero attached hydrogens (tertiary/aromatic N) is 6. The van der Waals surface area contributed by atoms with Gasteiger partial charge >= 0.3 is 0 Å². The molecule has 6 nitrogen and oxygen atoms in total. The standard InChI is InChI=1S/C11H18N6/c1-3-5-10-7-16(14-12-10)9-17-8-11(6-4-2)13-15-17/h7-8H,3-6,9H2,1-2H3. The number of hydrogen-bond acceptors (Lipinski definition) is 4. The fourth-order valence-corrected chi connectivity index (χ4v) is 1.71. The van der Waals surface area contributed by atoms with Crippen molar-refractivity contribution >= 4 is 0 Å². The van der Waals surface area contributed by atoms with E-state index in [0.717, 1.165) is 37.1 Å². The Kier molecular flexibility index (Phi) is 3.85. The molecule has 17 heavy (non-hydrogen) atoms. The molecular weight excluding hydrogens is 216 g/mol. The molecule has 6 heteroatoms. The molecule has 2 aromatic heterocycles. The van der Waals surface area contributed by atoms with Gasteiger partial charge in [-0.2, -0.15) is 0 Å². The zero-order chi connectivity index (χ0) is 12.1. The summed E-state index contributed by atoms with van der Waals surface area (Å²) in [6.45, 7) is 4.84. The summed E-state index contributed by atoms with van der Waals surface area (Å²) in [6.07, 6.45) is 8.04. The van der Waals surface area contributed by atoms with E-state index in [1.165, 1.54) is 0 Å². The summed E-state index contributed by atoms with van der Waals surface area (Å²) in [5.41, 5.74) is 2.06. The third-order valence-electron chi connectivity index (χ3n) is 2.47. The SMILES string of the molecule is CCCc1cn(Cn2cc(CCC)nn2)nn1. The summed E-state index contributed by atoms with van der Waals surface area (Å²) in [5.74, 6) is 0. The molecular formula is C11H18N6. The van der Waals surface area contributed by atoms with E-state index in [9.17, 15) is 0 Å². The number of hydrogen-bond donors (Lipinski definition) is 0. The van der Waals surface area contributed by atoms with Crippen LogP contribution in [0.4, 0.5) is 0 Å². The minimum Gasteiger partial charge on any atom is -0.231 e. The maximum Gasteiger partial charge on any atom is 0.136 e. The average molecular weight is 234 g/mol. The van der Waals surface area contributed by atoms with Gasteiger partial charge in [-0.1, -0.05) is 37.1 Å². The van der Waals surface area contributed by atoms with E-state index in [2.05, 4.69) is 34.5 Å². The van der Waals surface area contributed by atoms with Crippen LogP contribution in [0.25, 0.3) is 0 Å². The first-order valence-electron chi connectivity index (χ1n) is 6.09. The summed E-state index contributed by atoms with van der Waals surface area (Å²) in [4.78, 5) is 0. The van der Waals surface area contributed by atoms with Gasteiger partial charge in [-0.05, 0) is 12.8 Å². The predicted octanol–water partition coefficient (Wildman–Crippen LogP) is 1.28. The summed E-state index contributed by atoms with van der Waals surface area (Å²) < 4.78 is 3.57. The monoisotopic (exact) mass is 234 g/mol. The van der Waals surface area contributed by atoms with Gasteiger partial charge in [0.25, 0.3) is 0 Å². The molecule has 0 fully saturated rings. The van der Waals surface area contributed by atoms with Crippen molar-refractivity contribution < 1.29 is 0 Å². The molecule has 0 saturated carbocycles. The molecule has 0 amide bonds. The van der Waals surface area contributed by atoms with Gasteiger partial charge in [0.1, 0.15) is 6.67 Å². The fraction of sp³-hybridized carbons (Fsp3) is 0.636. The van der Waals surface area contributed by atoms with Crippen molar-refractivity contribution in [1.29, 1.82) is 0 Å². The van der Waals surface area contributed by atoms with Crippen LogP contribution in [0.15, 0.2) is 12.4 Å². The molecule has 0 unspecified atom stereocenters. The first-order valence-corrected chi connectivity index (χ1v) is 6.09. The molecule has 0 atom stereocenters. The number of rotatable bonds is 6. The minimum absolute atomic E-state index is 0.577. The molecule has 0 spiro atoms. The molecule has 0 N–H and O–H groups in total. The molecule has 92 valence electrons. The van der Waals surface area contributed by atoms with Crippen molar-refractivity contribution in [3.8, 4) is 0 Å². The zero-order valence-electron chi connectivity index (χ0n) is 10.4. The second-order valence-electron chi connectivity index (χ2n) is 4.14. The first kappa shape index (κ1) is 11.8. The van der Waals surface area contributed by atoms with E-state index >= 15 is 0 Å². The molecule has 0 aliphatic carbocycles. The van der Waals surface area contributed by atoms with Crippen LogP contribution in [0.1, 0.15) is 38.1 Å². The summed E-state index contributed by atoms with van der Waals surface area (Å²) in [7, 11) is 0. The van der Waals surface area contributed by atoms with Gasteiger partial charge in [0.2, 0.25) is 0 Å². The lowest BCUT2D eigenvalue weighted by molar-refractivity contribution is 0.478. The van der Waals surface area contributed by atoms with Crippen LogP contribution in [-0.4, -0.2) is 30.0 Å². The molecule has 0 saturated heterocycles. The number of aromatic nitrogens is 6. The van der Waals surface area contributed by atoms with Gasteiger partial charge in [0, 0.05) is 0 Å². The highest BCUT2D eigenvalue weighted by atomic mass is 15.5. The van der Waals surface area contributed by atoms with Crippen molar-refractivity contribution in [2.24, 2.45) is 0 Å². The largest absolute Gasteiger partial charge is 0.231 e. The van der Waals surface area contributed by atoms with Crippen LogP contribution in [-0.2, 0) is 19.5 Å². The lowest BCUT2D eigenvalue weighted by atomic mass is 10.3. The molecule has 2 aromatic rings. The van der Waals surface area contributed by atoms with Crippen molar-refractivity contribution in [1.82, 2.24) is 30.0 Å². The Morgan fingerprint density at radius 2 is 1.35 bits per heavy atom. The molecule has 0 radical (unpaired) electrons. The van der Waals surface area contributed by atoms with Gasteiger partial charge in [-0.15, -0.1) is 10.2 Å². The summed E-state index contributed by atoms with van der Waals surface area (Å²) in [5, 5.41) is 16.3. The molecule has 0 aliphatic heterocycles. The normalized spacial score (nSPS) is 10.9. The highest BCUT2D eigenvalue weighted by Gasteiger charge is 2.02. The third kappa shape index (κ3) is 3.12. The number of aryl methyl sites for hydroxylation is 2. The molecule has 0 aliphatic rings. The predicted molar refractivity (Wildman–Crippen MR) is 63.4 cm³/mol. The van der Waals surface area contributed by atoms with Crippen molar-refractivity contribution in [2.45, 2.75) is 46.2 Å². The van der Waals surface area contributed by atoms with Crippen LogP contribution < -0.4 is 0 Å². The second kappa shape index (κ2) is 5.56. The topological polar surface area (TPSA) is 61.4 Å². The van der Waals surface area contributed by atoms with Crippen LogP contribution in [0.3, 0.4) is 0 Å². The molecule has 0 aromatic carbocycles. The van der Waals surface area contributed by atoms with Crippen molar-refractivity contribution in [3.05, 3.63) is 23.8 Å². The fourth-order valence-electron chi connectivity index (χ4n) is 1.71. The zero-order valence-corrected chi connectivity index (χ0v) is 10.4. The molecule has 2 rings (SSSR count). The maximum atomic E-state index is 4.10. The van der Waals surface area contributed by atoms with E-state index in [-0.39, 0.29) is 0 Å². The summed E-state index contributed by atoms with van der Waals surface area (Å²) in [6, 6.07) is 0. The van der Waals surface area contributed by atoms with Crippen LogP contribution in [0.2, 0.25) is 0 Å². The lowest BCUT2D eigenvalue weighted by Gasteiger charge is -1.97. The molecule has 2 heterocycles. The van der Waals surface area contributed by atoms with E-state index in [1.54, 1.807) is 9.36 Å². The van der Waals surface area contributed by atoms with Gasteiger partial charge in [0.05, 0.1) is 23.8 Å². The van der Waals surface area contributed by atoms with E-state index in [1.807, 2.05) is 12.4 Å². The Balaban J connectivity index is 1.98. The molecule has 0 bridgehead atoms. The maximum absolute atomic E-state index is 4.10. The Morgan fingerprint density at radius 1 is 0.882 bits per heavy atom. The first-order chi connectivity index (χ1) is 8.31. The van der Waals surface area contributed by atoms with Crippen LogP contribution in [0, 0.1) is 0 Å². The third-order valence-corrected chi connectivity index (χ3v) is 2.47.